The molecule has 0 spiro atoms. The fraction of sp³-hybridized carbons (Fsp3) is 0.722. The first-order chi connectivity index (χ1) is 11.7. The second-order valence-electron chi connectivity index (χ2n) is 8.00. The van der Waals surface area contributed by atoms with E-state index in [9.17, 15) is 9.59 Å². The van der Waals surface area contributed by atoms with Crippen LogP contribution in [0.4, 0.5) is 4.79 Å². The predicted molar refractivity (Wildman–Crippen MR) is 93.2 cm³/mol. The van der Waals surface area contributed by atoms with Gasteiger partial charge in [-0.15, -0.1) is 0 Å². The van der Waals surface area contributed by atoms with Crippen molar-refractivity contribution in [3.05, 3.63) is 17.5 Å². The molecule has 3 rings (SSSR count). The number of hydrogen-bond donors (Lipinski definition) is 0. The van der Waals surface area contributed by atoms with Crippen LogP contribution in [0.15, 0.2) is 6.07 Å². The highest BCUT2D eigenvalue weighted by Crippen LogP contribution is 2.27. The van der Waals surface area contributed by atoms with Gasteiger partial charge in [-0.3, -0.25) is 9.48 Å². The Balaban J connectivity index is 1.76. The topological polar surface area (TPSA) is 67.7 Å². The summed E-state index contributed by atoms with van der Waals surface area (Å²) in [7, 11) is 1.84. The number of aromatic nitrogens is 2. The maximum Gasteiger partial charge on any atom is 0.410 e. The molecule has 1 aliphatic carbocycles. The van der Waals surface area contributed by atoms with Gasteiger partial charge < -0.3 is 14.5 Å². The summed E-state index contributed by atoms with van der Waals surface area (Å²) in [6.07, 6.45) is 3.64. The van der Waals surface area contributed by atoms with Gasteiger partial charge in [0.05, 0.1) is 12.2 Å². The Morgan fingerprint density at radius 2 is 1.92 bits per heavy atom. The molecule has 1 aromatic heterocycles. The Kier molecular flexibility index (Phi) is 4.75. The summed E-state index contributed by atoms with van der Waals surface area (Å²) < 4.78 is 7.37. The van der Waals surface area contributed by atoms with Gasteiger partial charge in [0.15, 0.2) is 5.69 Å². The number of carbonyl (C=O) groups excluding carboxylic acids is 2. The molecular weight excluding hydrogens is 320 g/mol. The molecule has 0 N–H and O–H groups in total. The molecule has 1 fully saturated rings. The molecule has 7 heteroatoms. The van der Waals surface area contributed by atoms with Crippen molar-refractivity contribution < 1.29 is 14.3 Å². The number of hydrogen-bond acceptors (Lipinski definition) is 4. The van der Waals surface area contributed by atoms with Crippen molar-refractivity contribution in [1.29, 1.82) is 0 Å². The van der Waals surface area contributed by atoms with E-state index in [1.54, 1.807) is 9.80 Å². The molecule has 2 heterocycles. The first kappa shape index (κ1) is 17.8. The van der Waals surface area contributed by atoms with Crippen molar-refractivity contribution in [2.24, 2.45) is 0 Å². The predicted octanol–water partition coefficient (Wildman–Crippen LogP) is 2.65. The molecule has 2 amide bonds. The first-order valence-electron chi connectivity index (χ1n) is 9.06. The highest BCUT2D eigenvalue weighted by molar-refractivity contribution is 5.92. The average Bonchev–Trinajstić information content (AvgIpc) is 3.27. The van der Waals surface area contributed by atoms with Gasteiger partial charge in [-0.2, -0.15) is 5.10 Å². The molecule has 0 unspecified atom stereocenters. The van der Waals surface area contributed by atoms with Crippen molar-refractivity contribution in [2.75, 3.05) is 13.6 Å². The molecule has 1 aliphatic heterocycles. The molecule has 2 aliphatic rings. The van der Waals surface area contributed by atoms with Crippen LogP contribution in [0, 0.1) is 0 Å². The van der Waals surface area contributed by atoms with E-state index in [2.05, 4.69) is 5.10 Å². The maximum absolute atomic E-state index is 12.6. The summed E-state index contributed by atoms with van der Waals surface area (Å²) in [6, 6.07) is 2.18. The van der Waals surface area contributed by atoms with Crippen LogP contribution in [-0.4, -0.2) is 56.8 Å². The number of amides is 2. The summed E-state index contributed by atoms with van der Waals surface area (Å²) in [5.74, 6) is -0.0365. The van der Waals surface area contributed by atoms with Crippen LogP contribution in [0.1, 0.15) is 62.6 Å². The quantitative estimate of drug-likeness (QED) is 0.824. The number of ether oxygens (including phenoxy) is 1. The zero-order valence-corrected chi connectivity index (χ0v) is 15.6. The number of nitrogens with zero attached hydrogens (tertiary/aromatic N) is 4. The molecule has 0 atom stereocenters. The molecule has 0 saturated heterocycles. The van der Waals surface area contributed by atoms with Crippen molar-refractivity contribution in [2.45, 2.75) is 71.2 Å². The van der Waals surface area contributed by atoms with E-state index in [1.807, 2.05) is 38.6 Å². The third kappa shape index (κ3) is 4.32. The second-order valence-corrected chi connectivity index (χ2v) is 8.00. The Labute approximate surface area is 148 Å². The van der Waals surface area contributed by atoms with Crippen molar-refractivity contribution in [3.8, 4) is 0 Å². The molecular formula is C18H28N4O3. The van der Waals surface area contributed by atoms with Crippen LogP contribution >= 0.6 is 0 Å². The fourth-order valence-corrected chi connectivity index (χ4v) is 3.01. The van der Waals surface area contributed by atoms with E-state index in [4.69, 9.17) is 4.74 Å². The van der Waals surface area contributed by atoms with E-state index in [0.29, 0.717) is 24.8 Å². The van der Waals surface area contributed by atoms with Gasteiger partial charge in [-0.05, 0) is 52.5 Å². The van der Waals surface area contributed by atoms with Gasteiger partial charge in [0.25, 0.3) is 5.91 Å². The van der Waals surface area contributed by atoms with Crippen LogP contribution in [-0.2, 0) is 17.8 Å². The zero-order chi connectivity index (χ0) is 18.2. The van der Waals surface area contributed by atoms with Crippen LogP contribution in [0.2, 0.25) is 0 Å². The average molecular weight is 348 g/mol. The number of aryl methyl sites for hydroxylation is 1. The standard InChI is InChI=1S/C18H28N4O3/c1-18(2,3)25-17(24)21-9-5-6-10-22-14(12-21)11-15(19-22)16(23)20(4)13-7-8-13/h11,13H,5-10,12H2,1-4H3. The van der Waals surface area contributed by atoms with Gasteiger partial charge in [0, 0.05) is 26.2 Å². The molecule has 1 saturated carbocycles. The minimum atomic E-state index is -0.520. The normalized spacial score (nSPS) is 18.2. The zero-order valence-electron chi connectivity index (χ0n) is 15.6. The Bertz CT molecular complexity index is 658. The lowest BCUT2D eigenvalue weighted by Gasteiger charge is -2.28. The lowest BCUT2D eigenvalue weighted by Crippen LogP contribution is -2.38. The fourth-order valence-electron chi connectivity index (χ4n) is 3.01. The first-order valence-corrected chi connectivity index (χ1v) is 9.06. The van der Waals surface area contributed by atoms with Gasteiger partial charge in [-0.1, -0.05) is 0 Å². The molecule has 25 heavy (non-hydrogen) atoms. The minimum absolute atomic E-state index is 0.0365. The van der Waals surface area contributed by atoms with Crippen LogP contribution in [0.3, 0.4) is 0 Å². The minimum Gasteiger partial charge on any atom is -0.444 e. The van der Waals surface area contributed by atoms with Crippen LogP contribution < -0.4 is 0 Å². The summed E-state index contributed by atoms with van der Waals surface area (Å²) in [6.45, 7) is 7.45. The summed E-state index contributed by atoms with van der Waals surface area (Å²) in [5, 5.41) is 4.50. The van der Waals surface area contributed by atoms with Gasteiger partial charge >= 0.3 is 6.09 Å². The molecule has 0 bridgehead atoms. The van der Waals surface area contributed by atoms with E-state index in [-0.39, 0.29) is 12.0 Å². The lowest BCUT2D eigenvalue weighted by molar-refractivity contribution is 0.0218. The van der Waals surface area contributed by atoms with E-state index in [1.165, 1.54) is 0 Å². The van der Waals surface area contributed by atoms with Gasteiger partial charge in [-0.25, -0.2) is 4.79 Å². The summed E-state index contributed by atoms with van der Waals surface area (Å²) in [4.78, 5) is 28.5. The molecule has 1 aromatic rings. The smallest absolute Gasteiger partial charge is 0.410 e. The van der Waals surface area contributed by atoms with Crippen LogP contribution in [0.5, 0.6) is 0 Å². The highest BCUT2D eigenvalue weighted by atomic mass is 16.6. The monoisotopic (exact) mass is 348 g/mol. The largest absolute Gasteiger partial charge is 0.444 e. The van der Waals surface area contributed by atoms with Crippen molar-refractivity contribution in [1.82, 2.24) is 19.6 Å². The van der Waals surface area contributed by atoms with E-state index >= 15 is 0 Å². The lowest BCUT2D eigenvalue weighted by atomic mass is 10.2. The van der Waals surface area contributed by atoms with E-state index in [0.717, 1.165) is 37.9 Å². The summed E-state index contributed by atoms with van der Waals surface area (Å²) >= 11 is 0. The Morgan fingerprint density at radius 3 is 2.56 bits per heavy atom. The molecule has 0 aromatic carbocycles. The van der Waals surface area contributed by atoms with Gasteiger partial charge in [0.1, 0.15) is 5.60 Å². The number of carbonyl (C=O) groups is 2. The SMILES string of the molecule is CN(C(=O)c1cc2n(n1)CCCCN(C(=O)OC(C)(C)C)C2)C1CC1. The summed E-state index contributed by atoms with van der Waals surface area (Å²) in [5.41, 5.74) is 0.835. The van der Waals surface area contributed by atoms with Gasteiger partial charge in [0.2, 0.25) is 0 Å². The Morgan fingerprint density at radius 1 is 1.24 bits per heavy atom. The maximum atomic E-state index is 12.6. The van der Waals surface area contributed by atoms with Crippen molar-refractivity contribution in [3.63, 3.8) is 0 Å². The van der Waals surface area contributed by atoms with E-state index < -0.39 is 5.60 Å². The molecule has 0 radical (unpaired) electrons. The highest BCUT2D eigenvalue weighted by Gasteiger charge is 2.32. The molecule has 138 valence electrons. The van der Waals surface area contributed by atoms with Crippen LogP contribution in [0.25, 0.3) is 0 Å². The number of fused-ring (bicyclic) bond motifs is 1. The second kappa shape index (κ2) is 6.69. The molecule has 7 nitrogen and oxygen atoms in total. The third-order valence-corrected chi connectivity index (χ3v) is 4.55. The Hall–Kier alpha value is -2.05. The third-order valence-electron chi connectivity index (χ3n) is 4.55. The van der Waals surface area contributed by atoms with Crippen molar-refractivity contribution >= 4 is 12.0 Å². The number of rotatable bonds is 2.